The number of benzene rings is 1. The molecular weight excluding hydrogens is 290 g/mol. The highest BCUT2D eigenvalue weighted by atomic mass is 35.5. The Bertz CT molecular complexity index is 500. The molecule has 4 nitrogen and oxygen atoms in total. The van der Waals surface area contributed by atoms with Crippen LogP contribution in [0, 0.1) is 0 Å². The minimum atomic E-state index is -0.0575. The molecule has 2 aliphatic rings. The van der Waals surface area contributed by atoms with Gasteiger partial charge in [-0.05, 0) is 51.1 Å². The Labute approximate surface area is 131 Å². The zero-order valence-electron chi connectivity index (χ0n) is 12.3. The van der Waals surface area contributed by atoms with Crippen LogP contribution in [0.2, 0.25) is 0 Å². The van der Waals surface area contributed by atoms with E-state index in [9.17, 15) is 4.79 Å². The standard InChI is InChI=1S/C16H21NO3.ClH/c1-12(17-7-3-2-4-8-17)16(18)13-5-6-14-15(11-13)20-10-9-19-14;/h5-6,11-12H,2-4,7-10H2,1H3;1H/p-1. The van der Waals surface area contributed by atoms with Crippen LogP contribution in [0.15, 0.2) is 18.2 Å². The zero-order valence-corrected chi connectivity index (χ0v) is 13.1. The van der Waals surface area contributed by atoms with Gasteiger partial charge in [-0.25, -0.2) is 0 Å². The van der Waals surface area contributed by atoms with Crippen molar-refractivity contribution in [3.05, 3.63) is 23.8 Å². The van der Waals surface area contributed by atoms with E-state index >= 15 is 0 Å². The molecular formula is C16H21ClNO3-. The predicted octanol–water partition coefficient (Wildman–Crippen LogP) is -0.481. The lowest BCUT2D eigenvalue weighted by atomic mass is 10.0. The van der Waals surface area contributed by atoms with Crippen LogP contribution in [0.25, 0.3) is 0 Å². The number of nitrogens with zero attached hydrogens (tertiary/aromatic N) is 1. The molecule has 0 N–H and O–H groups in total. The van der Waals surface area contributed by atoms with Crippen molar-refractivity contribution in [1.82, 2.24) is 4.90 Å². The fourth-order valence-electron chi connectivity index (χ4n) is 2.91. The van der Waals surface area contributed by atoms with Gasteiger partial charge in [0.15, 0.2) is 17.3 Å². The monoisotopic (exact) mass is 310 g/mol. The molecule has 0 bridgehead atoms. The molecule has 116 valence electrons. The number of halogens is 1. The van der Waals surface area contributed by atoms with Crippen LogP contribution in [-0.2, 0) is 0 Å². The molecule has 0 aliphatic carbocycles. The van der Waals surface area contributed by atoms with Crippen molar-refractivity contribution in [2.75, 3.05) is 26.3 Å². The van der Waals surface area contributed by atoms with Gasteiger partial charge in [0.05, 0.1) is 6.04 Å². The minimum absolute atomic E-state index is 0. The van der Waals surface area contributed by atoms with Gasteiger partial charge in [0.25, 0.3) is 0 Å². The fraction of sp³-hybridized carbons (Fsp3) is 0.562. The lowest BCUT2D eigenvalue weighted by molar-refractivity contribution is -0.0000127. The summed E-state index contributed by atoms with van der Waals surface area (Å²) in [6, 6.07) is 5.44. The van der Waals surface area contributed by atoms with E-state index in [0.29, 0.717) is 24.5 Å². The summed E-state index contributed by atoms with van der Waals surface area (Å²) in [6.45, 7) is 5.18. The number of ketones is 1. The molecule has 0 amide bonds. The number of ether oxygens (including phenoxy) is 2. The van der Waals surface area contributed by atoms with Crippen LogP contribution in [0.5, 0.6) is 11.5 Å². The van der Waals surface area contributed by atoms with Gasteiger partial charge < -0.3 is 21.9 Å². The highest BCUT2D eigenvalue weighted by Crippen LogP contribution is 2.31. The van der Waals surface area contributed by atoms with Crippen LogP contribution >= 0.6 is 0 Å². The largest absolute Gasteiger partial charge is 1.00 e. The Morgan fingerprint density at radius 1 is 1.10 bits per heavy atom. The molecule has 1 saturated heterocycles. The van der Waals surface area contributed by atoms with Crippen molar-refractivity contribution < 1.29 is 26.7 Å². The first-order chi connectivity index (χ1) is 9.75. The lowest BCUT2D eigenvalue weighted by Crippen LogP contribution is -3.00. The maximum Gasteiger partial charge on any atom is 0.179 e. The van der Waals surface area contributed by atoms with Gasteiger partial charge in [0.1, 0.15) is 13.2 Å². The lowest BCUT2D eigenvalue weighted by Gasteiger charge is -2.31. The molecule has 1 fully saturated rings. The second-order valence-electron chi connectivity index (χ2n) is 5.50. The highest BCUT2D eigenvalue weighted by Gasteiger charge is 2.25. The van der Waals surface area contributed by atoms with Crippen LogP contribution in [0.3, 0.4) is 0 Å². The summed E-state index contributed by atoms with van der Waals surface area (Å²) in [7, 11) is 0. The fourth-order valence-corrected chi connectivity index (χ4v) is 2.91. The van der Waals surface area contributed by atoms with Crippen molar-refractivity contribution in [3.63, 3.8) is 0 Å². The third-order valence-electron chi connectivity index (χ3n) is 4.14. The second-order valence-corrected chi connectivity index (χ2v) is 5.50. The summed E-state index contributed by atoms with van der Waals surface area (Å²) < 4.78 is 11.0. The Hall–Kier alpha value is -1.26. The summed E-state index contributed by atoms with van der Waals surface area (Å²) in [5.41, 5.74) is 0.715. The molecule has 1 unspecified atom stereocenters. The first kappa shape index (κ1) is 16.1. The van der Waals surface area contributed by atoms with Gasteiger partial charge >= 0.3 is 0 Å². The molecule has 0 radical (unpaired) electrons. The maximum absolute atomic E-state index is 12.6. The van der Waals surface area contributed by atoms with Crippen molar-refractivity contribution in [2.45, 2.75) is 32.2 Å². The third-order valence-corrected chi connectivity index (χ3v) is 4.14. The second kappa shape index (κ2) is 7.14. The number of Topliss-reactive ketones (excluding diaryl/α,β-unsaturated/α-hetero) is 1. The topological polar surface area (TPSA) is 38.8 Å². The summed E-state index contributed by atoms with van der Waals surface area (Å²) in [5, 5.41) is 0. The Kier molecular flexibility index (Phi) is 5.48. The quantitative estimate of drug-likeness (QED) is 0.707. The molecule has 1 aromatic rings. The van der Waals surface area contributed by atoms with Crippen LogP contribution in [0.4, 0.5) is 0 Å². The number of hydrogen-bond donors (Lipinski definition) is 0. The number of carbonyl (C=O) groups is 1. The summed E-state index contributed by atoms with van der Waals surface area (Å²) >= 11 is 0. The SMILES string of the molecule is CC(C(=O)c1ccc2c(c1)OCCO2)N1CCCCC1.[Cl-]. The first-order valence-electron chi connectivity index (χ1n) is 7.43. The first-order valence-corrected chi connectivity index (χ1v) is 7.43. The van der Waals surface area contributed by atoms with Crippen LogP contribution in [0.1, 0.15) is 36.5 Å². The van der Waals surface area contributed by atoms with E-state index < -0.39 is 0 Å². The summed E-state index contributed by atoms with van der Waals surface area (Å²) in [6.07, 6.45) is 3.67. The Morgan fingerprint density at radius 2 is 1.76 bits per heavy atom. The number of carbonyl (C=O) groups excluding carboxylic acids is 1. The normalized spacial score (nSPS) is 19.5. The number of likely N-dealkylation sites (tertiary alicyclic amines) is 1. The average molecular weight is 311 g/mol. The molecule has 0 saturated carbocycles. The van der Waals surface area contributed by atoms with E-state index in [2.05, 4.69) is 4.90 Å². The maximum atomic E-state index is 12.6. The predicted molar refractivity (Wildman–Crippen MR) is 76.6 cm³/mol. The molecule has 3 rings (SSSR count). The average Bonchev–Trinajstić information content (AvgIpc) is 2.54. The molecule has 21 heavy (non-hydrogen) atoms. The van der Waals surface area contributed by atoms with E-state index in [0.717, 1.165) is 18.8 Å². The molecule has 1 aromatic carbocycles. The number of fused-ring (bicyclic) bond motifs is 1. The third kappa shape index (κ3) is 3.50. The van der Waals surface area contributed by atoms with Crippen LogP contribution in [-0.4, -0.2) is 43.0 Å². The van der Waals surface area contributed by atoms with E-state index in [1.54, 1.807) is 0 Å². The summed E-state index contributed by atoms with van der Waals surface area (Å²) in [4.78, 5) is 14.9. The molecule has 0 spiro atoms. The van der Waals surface area contributed by atoms with Gasteiger partial charge in [-0.15, -0.1) is 0 Å². The number of hydrogen-bond acceptors (Lipinski definition) is 4. The molecule has 5 heteroatoms. The van der Waals surface area contributed by atoms with Gasteiger partial charge in [0, 0.05) is 5.56 Å². The van der Waals surface area contributed by atoms with Crippen molar-refractivity contribution in [1.29, 1.82) is 0 Å². The molecule has 0 aromatic heterocycles. The van der Waals surface area contributed by atoms with E-state index in [-0.39, 0.29) is 24.2 Å². The van der Waals surface area contributed by atoms with Crippen LogP contribution < -0.4 is 21.9 Å². The van der Waals surface area contributed by atoms with Crippen molar-refractivity contribution >= 4 is 5.78 Å². The van der Waals surface area contributed by atoms with E-state index in [4.69, 9.17) is 9.47 Å². The minimum Gasteiger partial charge on any atom is -1.00 e. The molecule has 2 aliphatic heterocycles. The zero-order chi connectivity index (χ0) is 13.9. The van der Waals surface area contributed by atoms with Crippen molar-refractivity contribution in [2.24, 2.45) is 0 Å². The van der Waals surface area contributed by atoms with Gasteiger partial charge in [-0.2, -0.15) is 0 Å². The number of rotatable bonds is 3. The Balaban J connectivity index is 0.00000161. The van der Waals surface area contributed by atoms with Gasteiger partial charge in [0.2, 0.25) is 0 Å². The van der Waals surface area contributed by atoms with E-state index in [1.807, 2.05) is 25.1 Å². The molecule has 2 heterocycles. The smallest absolute Gasteiger partial charge is 0.179 e. The molecule has 1 atom stereocenters. The van der Waals surface area contributed by atoms with Crippen molar-refractivity contribution in [3.8, 4) is 11.5 Å². The van der Waals surface area contributed by atoms with E-state index in [1.165, 1.54) is 19.3 Å². The number of piperidine rings is 1. The summed E-state index contributed by atoms with van der Waals surface area (Å²) in [5.74, 6) is 1.59. The Morgan fingerprint density at radius 3 is 2.48 bits per heavy atom. The van der Waals surface area contributed by atoms with Gasteiger partial charge in [-0.3, -0.25) is 9.69 Å². The highest BCUT2D eigenvalue weighted by molar-refractivity contribution is 6.00. The van der Waals surface area contributed by atoms with Gasteiger partial charge in [-0.1, -0.05) is 6.42 Å².